The quantitative estimate of drug-likeness (QED) is 0.795. The first-order chi connectivity index (χ1) is 8.20. The fourth-order valence-corrected chi connectivity index (χ4v) is 3.36. The van der Waals surface area contributed by atoms with Gasteiger partial charge in [0.1, 0.15) is 0 Å². The lowest BCUT2D eigenvalue weighted by atomic mass is 9.83. The van der Waals surface area contributed by atoms with Gasteiger partial charge in [0.15, 0.2) is 0 Å². The molecule has 0 aromatic carbocycles. The molecule has 1 aliphatic heterocycles. The van der Waals surface area contributed by atoms with Gasteiger partial charge in [-0.3, -0.25) is 0 Å². The molecule has 17 heavy (non-hydrogen) atoms. The van der Waals surface area contributed by atoms with Crippen molar-refractivity contribution in [3.8, 4) is 6.07 Å². The van der Waals surface area contributed by atoms with Gasteiger partial charge in [-0.1, -0.05) is 19.8 Å². The SMILES string of the molecule is CC1CN(C)CCC1NC1CCCCC1C#N. The lowest BCUT2D eigenvalue weighted by Gasteiger charge is -2.39. The maximum absolute atomic E-state index is 9.20. The van der Waals surface area contributed by atoms with Crippen molar-refractivity contribution in [2.24, 2.45) is 11.8 Å². The molecule has 1 aliphatic carbocycles. The molecule has 1 N–H and O–H groups in total. The number of nitrogens with zero attached hydrogens (tertiary/aromatic N) is 2. The summed E-state index contributed by atoms with van der Waals surface area (Å²) >= 11 is 0. The number of rotatable bonds is 2. The van der Waals surface area contributed by atoms with E-state index in [1.54, 1.807) is 0 Å². The topological polar surface area (TPSA) is 39.1 Å². The largest absolute Gasteiger partial charge is 0.310 e. The molecule has 2 rings (SSSR count). The number of piperidine rings is 1. The molecule has 0 bridgehead atoms. The fourth-order valence-electron chi connectivity index (χ4n) is 3.36. The van der Waals surface area contributed by atoms with Crippen molar-refractivity contribution in [3.05, 3.63) is 0 Å². The summed E-state index contributed by atoms with van der Waals surface area (Å²) in [7, 11) is 2.20. The molecule has 0 radical (unpaired) electrons. The van der Waals surface area contributed by atoms with E-state index in [0.717, 1.165) is 6.42 Å². The lowest BCUT2D eigenvalue weighted by molar-refractivity contribution is 0.151. The molecule has 1 heterocycles. The fraction of sp³-hybridized carbons (Fsp3) is 0.929. The van der Waals surface area contributed by atoms with Crippen LogP contribution in [0.5, 0.6) is 0 Å². The van der Waals surface area contributed by atoms with Gasteiger partial charge in [0.2, 0.25) is 0 Å². The van der Waals surface area contributed by atoms with Gasteiger partial charge >= 0.3 is 0 Å². The average molecular weight is 235 g/mol. The van der Waals surface area contributed by atoms with Gasteiger partial charge in [0, 0.05) is 18.6 Å². The van der Waals surface area contributed by atoms with Gasteiger partial charge in [0.05, 0.1) is 12.0 Å². The minimum atomic E-state index is 0.246. The first-order valence-corrected chi connectivity index (χ1v) is 7.05. The Balaban J connectivity index is 1.89. The summed E-state index contributed by atoms with van der Waals surface area (Å²) in [6.07, 6.45) is 6.04. The summed E-state index contributed by atoms with van der Waals surface area (Å²) in [5, 5.41) is 13.0. The van der Waals surface area contributed by atoms with E-state index in [1.165, 1.54) is 38.8 Å². The van der Waals surface area contributed by atoms with E-state index in [0.29, 0.717) is 18.0 Å². The van der Waals surface area contributed by atoms with Crippen molar-refractivity contribution in [2.45, 2.75) is 51.1 Å². The zero-order valence-corrected chi connectivity index (χ0v) is 11.2. The highest BCUT2D eigenvalue weighted by atomic mass is 15.1. The van der Waals surface area contributed by atoms with Crippen LogP contribution in [0.25, 0.3) is 0 Å². The molecule has 2 aliphatic rings. The minimum absolute atomic E-state index is 0.246. The molecule has 0 aromatic rings. The highest BCUT2D eigenvalue weighted by Gasteiger charge is 2.30. The van der Waals surface area contributed by atoms with Gasteiger partial charge < -0.3 is 10.2 Å². The molecule has 2 fully saturated rings. The summed E-state index contributed by atoms with van der Waals surface area (Å²) in [6, 6.07) is 3.56. The van der Waals surface area contributed by atoms with Gasteiger partial charge in [0.25, 0.3) is 0 Å². The van der Waals surface area contributed by atoms with Crippen LogP contribution in [0.1, 0.15) is 39.0 Å². The minimum Gasteiger partial charge on any atom is -0.310 e. The van der Waals surface area contributed by atoms with Crippen LogP contribution < -0.4 is 5.32 Å². The van der Waals surface area contributed by atoms with Gasteiger partial charge in [-0.2, -0.15) is 5.26 Å². The van der Waals surface area contributed by atoms with Crippen LogP contribution >= 0.6 is 0 Å². The van der Waals surface area contributed by atoms with Crippen molar-refractivity contribution in [1.82, 2.24) is 10.2 Å². The average Bonchev–Trinajstić information content (AvgIpc) is 2.33. The van der Waals surface area contributed by atoms with E-state index < -0.39 is 0 Å². The highest BCUT2D eigenvalue weighted by molar-refractivity contribution is 4.97. The van der Waals surface area contributed by atoms with E-state index in [1.807, 2.05) is 0 Å². The van der Waals surface area contributed by atoms with Crippen LogP contribution in [0, 0.1) is 23.2 Å². The van der Waals surface area contributed by atoms with Crippen LogP contribution in [0.15, 0.2) is 0 Å². The Morgan fingerprint density at radius 3 is 2.65 bits per heavy atom. The normalized spacial score (nSPS) is 39.8. The maximum Gasteiger partial charge on any atom is 0.0672 e. The second kappa shape index (κ2) is 5.84. The number of nitrogens with one attached hydrogen (secondary N) is 1. The Hall–Kier alpha value is -0.590. The molecule has 4 unspecified atom stereocenters. The molecule has 3 nitrogen and oxygen atoms in total. The van der Waals surface area contributed by atoms with Crippen molar-refractivity contribution >= 4 is 0 Å². The number of hydrogen-bond acceptors (Lipinski definition) is 3. The van der Waals surface area contributed by atoms with E-state index in [2.05, 4.69) is 30.3 Å². The van der Waals surface area contributed by atoms with Crippen molar-refractivity contribution in [3.63, 3.8) is 0 Å². The van der Waals surface area contributed by atoms with Crippen molar-refractivity contribution in [1.29, 1.82) is 5.26 Å². The van der Waals surface area contributed by atoms with Crippen LogP contribution in [0.4, 0.5) is 0 Å². The molecule has 3 heteroatoms. The Morgan fingerprint density at radius 2 is 1.94 bits per heavy atom. The molecular weight excluding hydrogens is 210 g/mol. The summed E-state index contributed by atoms with van der Waals surface area (Å²) in [5.41, 5.74) is 0. The van der Waals surface area contributed by atoms with E-state index >= 15 is 0 Å². The van der Waals surface area contributed by atoms with Gasteiger partial charge in [-0.25, -0.2) is 0 Å². The van der Waals surface area contributed by atoms with Gasteiger partial charge in [-0.15, -0.1) is 0 Å². The standard InChI is InChI=1S/C14H25N3/c1-11-10-17(2)8-7-13(11)16-14-6-4-3-5-12(14)9-15/h11-14,16H,3-8,10H2,1-2H3. The number of likely N-dealkylation sites (tertiary alicyclic amines) is 1. The molecule has 1 saturated carbocycles. The zero-order valence-electron chi connectivity index (χ0n) is 11.2. The summed E-state index contributed by atoms with van der Waals surface area (Å²) < 4.78 is 0. The van der Waals surface area contributed by atoms with Crippen LogP contribution in [-0.2, 0) is 0 Å². The van der Waals surface area contributed by atoms with Crippen molar-refractivity contribution < 1.29 is 0 Å². The molecule has 0 spiro atoms. The molecule has 0 aromatic heterocycles. The lowest BCUT2D eigenvalue weighted by Crippen LogP contribution is -2.52. The number of hydrogen-bond donors (Lipinski definition) is 1. The van der Waals surface area contributed by atoms with E-state index in [-0.39, 0.29) is 5.92 Å². The van der Waals surface area contributed by atoms with Gasteiger partial charge in [-0.05, 0) is 38.8 Å². The Bertz CT molecular complexity index is 284. The van der Waals surface area contributed by atoms with Crippen LogP contribution in [-0.4, -0.2) is 37.1 Å². The summed E-state index contributed by atoms with van der Waals surface area (Å²) in [4.78, 5) is 2.41. The highest BCUT2D eigenvalue weighted by Crippen LogP contribution is 2.26. The number of nitriles is 1. The third kappa shape index (κ3) is 3.20. The smallest absolute Gasteiger partial charge is 0.0672 e. The summed E-state index contributed by atoms with van der Waals surface area (Å²) in [6.45, 7) is 4.70. The van der Waals surface area contributed by atoms with Crippen molar-refractivity contribution in [2.75, 3.05) is 20.1 Å². The zero-order chi connectivity index (χ0) is 12.3. The van der Waals surface area contributed by atoms with Crippen LogP contribution in [0.3, 0.4) is 0 Å². The first-order valence-electron chi connectivity index (χ1n) is 7.05. The van der Waals surface area contributed by atoms with E-state index in [4.69, 9.17) is 0 Å². The third-order valence-corrected chi connectivity index (χ3v) is 4.47. The molecular formula is C14H25N3. The Morgan fingerprint density at radius 1 is 1.18 bits per heavy atom. The first kappa shape index (κ1) is 12.9. The monoisotopic (exact) mass is 235 g/mol. The maximum atomic E-state index is 9.20. The Kier molecular flexibility index (Phi) is 4.42. The Labute approximate surface area is 105 Å². The summed E-state index contributed by atoms with van der Waals surface area (Å²) in [5.74, 6) is 0.950. The second-order valence-corrected chi connectivity index (χ2v) is 5.93. The molecule has 4 atom stereocenters. The predicted octanol–water partition coefficient (Wildman–Crippen LogP) is 2.00. The molecule has 96 valence electrons. The van der Waals surface area contributed by atoms with Crippen LogP contribution in [0.2, 0.25) is 0 Å². The predicted molar refractivity (Wildman–Crippen MR) is 69.6 cm³/mol. The molecule has 1 saturated heterocycles. The third-order valence-electron chi connectivity index (χ3n) is 4.47. The second-order valence-electron chi connectivity index (χ2n) is 5.93. The van der Waals surface area contributed by atoms with E-state index in [9.17, 15) is 5.26 Å². The molecule has 0 amide bonds.